The van der Waals surface area contributed by atoms with Crippen LogP contribution in [0.25, 0.3) is 0 Å². The molecule has 0 saturated carbocycles. The van der Waals surface area contributed by atoms with E-state index in [0.29, 0.717) is 5.69 Å². The van der Waals surface area contributed by atoms with Gasteiger partial charge >= 0.3 is 0 Å². The van der Waals surface area contributed by atoms with Crippen molar-refractivity contribution in [3.05, 3.63) is 54.1 Å². The largest absolute Gasteiger partial charge is 0.370 e. The molecule has 1 fully saturated rings. The Kier molecular flexibility index (Phi) is 7.30. The van der Waals surface area contributed by atoms with Crippen LogP contribution in [0, 0.1) is 5.92 Å². The fourth-order valence-electron chi connectivity index (χ4n) is 3.31. The molecule has 1 atom stereocenters. The highest BCUT2D eigenvalue weighted by molar-refractivity contribution is 7.98. The molecule has 1 aliphatic heterocycles. The Bertz CT molecular complexity index is 993. The van der Waals surface area contributed by atoms with Crippen molar-refractivity contribution in [1.82, 2.24) is 5.32 Å². The molecule has 31 heavy (non-hydrogen) atoms. The van der Waals surface area contributed by atoms with Crippen LogP contribution in [0.5, 0.6) is 0 Å². The van der Waals surface area contributed by atoms with E-state index < -0.39 is 17.7 Å². The number of amides is 4. The van der Waals surface area contributed by atoms with Gasteiger partial charge in [-0.25, -0.2) is 0 Å². The number of nitrogens with two attached hydrogens (primary N) is 1. The summed E-state index contributed by atoms with van der Waals surface area (Å²) in [5.74, 6) is -1.90. The number of rotatable bonds is 8. The first-order chi connectivity index (χ1) is 14.9. The van der Waals surface area contributed by atoms with Crippen LogP contribution in [-0.2, 0) is 14.4 Å². The molecule has 0 aliphatic carbocycles. The Morgan fingerprint density at radius 3 is 2.52 bits per heavy atom. The lowest BCUT2D eigenvalue weighted by Crippen LogP contribution is -2.30. The summed E-state index contributed by atoms with van der Waals surface area (Å²) in [6, 6.07) is 14.2. The van der Waals surface area contributed by atoms with Crippen molar-refractivity contribution >= 4 is 46.8 Å². The number of para-hydroxylation sites is 1. The van der Waals surface area contributed by atoms with Crippen LogP contribution >= 0.6 is 11.8 Å². The third kappa shape index (κ3) is 5.64. The van der Waals surface area contributed by atoms with Gasteiger partial charge in [0.1, 0.15) is 0 Å². The zero-order valence-corrected chi connectivity index (χ0v) is 17.9. The second kappa shape index (κ2) is 10.1. The molecule has 162 valence electrons. The molecule has 0 aromatic heterocycles. The van der Waals surface area contributed by atoms with Gasteiger partial charge in [-0.15, -0.1) is 11.8 Å². The number of nitrogens with one attached hydrogen (secondary N) is 2. The SMILES string of the molecule is CSc1ccc(N2CC(C(=O)Nc3ccccc3C(=O)NCCC(N)=O)CC2=O)cc1. The van der Waals surface area contributed by atoms with Crippen molar-refractivity contribution in [2.45, 2.75) is 17.7 Å². The van der Waals surface area contributed by atoms with Crippen molar-refractivity contribution < 1.29 is 19.2 Å². The molecule has 8 nitrogen and oxygen atoms in total. The highest BCUT2D eigenvalue weighted by atomic mass is 32.2. The maximum absolute atomic E-state index is 12.8. The summed E-state index contributed by atoms with van der Waals surface area (Å²) in [6.45, 7) is 0.383. The summed E-state index contributed by atoms with van der Waals surface area (Å²) < 4.78 is 0. The van der Waals surface area contributed by atoms with Gasteiger partial charge in [0.2, 0.25) is 17.7 Å². The topological polar surface area (TPSA) is 122 Å². The van der Waals surface area contributed by atoms with Crippen molar-refractivity contribution in [3.8, 4) is 0 Å². The first-order valence-electron chi connectivity index (χ1n) is 9.80. The summed E-state index contributed by atoms with van der Waals surface area (Å²) >= 11 is 1.61. The second-order valence-corrected chi connectivity index (χ2v) is 7.99. The summed E-state index contributed by atoms with van der Waals surface area (Å²) in [4.78, 5) is 51.3. The summed E-state index contributed by atoms with van der Waals surface area (Å²) in [5, 5.41) is 5.37. The lowest BCUT2D eigenvalue weighted by molar-refractivity contribution is -0.122. The molecule has 0 radical (unpaired) electrons. The van der Waals surface area contributed by atoms with E-state index in [-0.39, 0.29) is 43.3 Å². The van der Waals surface area contributed by atoms with Gasteiger partial charge in [-0.3, -0.25) is 19.2 Å². The maximum Gasteiger partial charge on any atom is 0.253 e. The molecule has 4 amide bonds. The second-order valence-electron chi connectivity index (χ2n) is 7.11. The predicted molar refractivity (Wildman–Crippen MR) is 120 cm³/mol. The predicted octanol–water partition coefficient (Wildman–Crippen LogP) is 2.01. The fourth-order valence-corrected chi connectivity index (χ4v) is 3.72. The molecule has 9 heteroatoms. The van der Waals surface area contributed by atoms with Gasteiger partial charge in [0.25, 0.3) is 5.91 Å². The first kappa shape index (κ1) is 22.4. The summed E-state index contributed by atoms with van der Waals surface area (Å²) in [5.41, 5.74) is 6.46. The smallest absolute Gasteiger partial charge is 0.253 e. The Labute approximate surface area is 184 Å². The van der Waals surface area contributed by atoms with Gasteiger partial charge in [0.15, 0.2) is 0 Å². The number of anilines is 2. The van der Waals surface area contributed by atoms with Crippen molar-refractivity contribution in [2.75, 3.05) is 29.6 Å². The van der Waals surface area contributed by atoms with Gasteiger partial charge in [0, 0.05) is 36.5 Å². The Morgan fingerprint density at radius 1 is 1.13 bits per heavy atom. The molecule has 1 unspecified atom stereocenters. The summed E-state index contributed by atoms with van der Waals surface area (Å²) in [6.07, 6.45) is 2.10. The van der Waals surface area contributed by atoms with Crippen molar-refractivity contribution in [1.29, 1.82) is 0 Å². The molecule has 4 N–H and O–H groups in total. The zero-order valence-electron chi connectivity index (χ0n) is 17.1. The molecule has 3 rings (SSSR count). The summed E-state index contributed by atoms with van der Waals surface area (Å²) in [7, 11) is 0. The molecule has 1 saturated heterocycles. The van der Waals surface area contributed by atoms with Gasteiger partial charge in [-0.1, -0.05) is 12.1 Å². The average molecular weight is 441 g/mol. The molecule has 0 spiro atoms. The number of carbonyl (C=O) groups excluding carboxylic acids is 4. The van der Waals surface area contributed by atoms with E-state index in [1.54, 1.807) is 40.9 Å². The van der Waals surface area contributed by atoms with Crippen LogP contribution < -0.4 is 21.3 Å². The molecule has 1 heterocycles. The number of nitrogens with zero attached hydrogens (tertiary/aromatic N) is 1. The standard InChI is InChI=1S/C22H24N4O4S/c1-31-16-8-6-15(7-9-16)26-13-14(12-20(26)28)21(29)25-18-5-3-2-4-17(18)22(30)24-11-10-19(23)27/h2-9,14H,10-13H2,1H3,(H2,23,27)(H,24,30)(H,25,29). The quantitative estimate of drug-likeness (QED) is 0.542. The highest BCUT2D eigenvalue weighted by Crippen LogP contribution is 2.28. The van der Waals surface area contributed by atoms with Gasteiger partial charge in [-0.2, -0.15) is 0 Å². The molecular weight excluding hydrogens is 416 g/mol. The number of hydrogen-bond donors (Lipinski definition) is 3. The third-order valence-corrected chi connectivity index (χ3v) is 5.71. The molecular formula is C22H24N4O4S. The highest BCUT2D eigenvalue weighted by Gasteiger charge is 2.35. The van der Waals surface area contributed by atoms with Crippen molar-refractivity contribution in [3.63, 3.8) is 0 Å². The third-order valence-electron chi connectivity index (χ3n) is 4.97. The van der Waals surface area contributed by atoms with Crippen LogP contribution in [0.3, 0.4) is 0 Å². The average Bonchev–Trinajstić information content (AvgIpc) is 3.15. The molecule has 1 aliphatic rings. The van der Waals surface area contributed by atoms with Gasteiger partial charge in [-0.05, 0) is 42.7 Å². The van der Waals surface area contributed by atoms with Crippen LogP contribution in [0.2, 0.25) is 0 Å². The number of thioether (sulfide) groups is 1. The van der Waals surface area contributed by atoms with Crippen LogP contribution in [0.1, 0.15) is 23.2 Å². The Hall–Kier alpha value is -3.33. The minimum Gasteiger partial charge on any atom is -0.370 e. The fraction of sp³-hybridized carbons (Fsp3) is 0.273. The van der Waals surface area contributed by atoms with E-state index >= 15 is 0 Å². The number of hydrogen-bond acceptors (Lipinski definition) is 5. The monoisotopic (exact) mass is 440 g/mol. The van der Waals surface area contributed by atoms with E-state index in [1.165, 1.54) is 0 Å². The van der Waals surface area contributed by atoms with Gasteiger partial charge in [0.05, 0.1) is 17.2 Å². The van der Waals surface area contributed by atoms with Crippen molar-refractivity contribution in [2.24, 2.45) is 11.7 Å². The Balaban J connectivity index is 1.66. The minimum atomic E-state index is -0.529. The van der Waals surface area contributed by atoms with Crippen LogP contribution in [-0.4, -0.2) is 43.0 Å². The maximum atomic E-state index is 12.8. The van der Waals surface area contributed by atoms with Gasteiger partial charge < -0.3 is 21.3 Å². The zero-order chi connectivity index (χ0) is 22.4. The normalized spacial score (nSPS) is 15.6. The number of carbonyl (C=O) groups is 4. The number of primary amides is 1. The van der Waals surface area contributed by atoms with E-state index in [4.69, 9.17) is 5.73 Å². The van der Waals surface area contributed by atoms with E-state index in [1.807, 2.05) is 30.5 Å². The van der Waals surface area contributed by atoms with E-state index in [2.05, 4.69) is 10.6 Å². The molecule has 2 aromatic carbocycles. The Morgan fingerprint density at radius 2 is 1.84 bits per heavy atom. The van der Waals surface area contributed by atoms with E-state index in [9.17, 15) is 19.2 Å². The molecule has 0 bridgehead atoms. The van der Waals surface area contributed by atoms with E-state index in [0.717, 1.165) is 10.6 Å². The lowest BCUT2D eigenvalue weighted by Gasteiger charge is -2.17. The lowest BCUT2D eigenvalue weighted by atomic mass is 10.1. The first-order valence-corrected chi connectivity index (χ1v) is 11.0. The van der Waals surface area contributed by atoms with Crippen LogP contribution in [0.4, 0.5) is 11.4 Å². The van der Waals surface area contributed by atoms with Crippen LogP contribution in [0.15, 0.2) is 53.4 Å². The number of benzene rings is 2. The molecule has 2 aromatic rings. The minimum absolute atomic E-state index is 0.0260.